The van der Waals surface area contributed by atoms with Crippen molar-refractivity contribution in [3.63, 3.8) is 0 Å². The summed E-state index contributed by atoms with van der Waals surface area (Å²) < 4.78 is 39.9. The van der Waals surface area contributed by atoms with Crippen molar-refractivity contribution in [3.05, 3.63) is 29.6 Å². The summed E-state index contributed by atoms with van der Waals surface area (Å²) in [5, 5.41) is 9.17. The highest BCUT2D eigenvalue weighted by Gasteiger charge is 2.37. The van der Waals surface area contributed by atoms with Gasteiger partial charge < -0.3 is 5.11 Å². The Kier molecular flexibility index (Phi) is 4.88. The number of benzene rings is 1. The summed E-state index contributed by atoms with van der Waals surface area (Å²) in [6.07, 6.45) is 0.628. The zero-order valence-electron chi connectivity index (χ0n) is 11.6. The second-order valence-corrected chi connectivity index (χ2v) is 6.59. The van der Waals surface area contributed by atoms with E-state index in [4.69, 9.17) is 0 Å². The summed E-state index contributed by atoms with van der Waals surface area (Å²) in [5.41, 5.74) is -1.30. The van der Waals surface area contributed by atoms with E-state index in [0.717, 1.165) is 6.07 Å². The van der Waals surface area contributed by atoms with Gasteiger partial charge in [-0.3, -0.25) is 4.79 Å². The minimum atomic E-state index is -4.10. The fourth-order valence-corrected chi connectivity index (χ4v) is 3.20. The maximum atomic E-state index is 13.4. The number of rotatable bonds is 6. The summed E-state index contributed by atoms with van der Waals surface area (Å²) in [6.45, 7) is 4.56. The Balaban J connectivity index is 3.16. The third kappa shape index (κ3) is 3.55. The molecule has 0 spiro atoms. The van der Waals surface area contributed by atoms with E-state index in [-0.39, 0.29) is 11.3 Å². The van der Waals surface area contributed by atoms with E-state index in [1.165, 1.54) is 26.0 Å². The summed E-state index contributed by atoms with van der Waals surface area (Å²) in [5.74, 6) is -1.92. The molecule has 2 N–H and O–H groups in total. The van der Waals surface area contributed by atoms with Crippen LogP contribution in [0, 0.1) is 12.7 Å². The molecule has 1 aromatic carbocycles. The van der Waals surface area contributed by atoms with Crippen LogP contribution in [0.25, 0.3) is 0 Å². The van der Waals surface area contributed by atoms with Gasteiger partial charge in [0.2, 0.25) is 10.0 Å². The van der Waals surface area contributed by atoms with Gasteiger partial charge in [-0.25, -0.2) is 12.8 Å². The minimum Gasteiger partial charge on any atom is -0.480 e. The van der Waals surface area contributed by atoms with Crippen LogP contribution in [-0.4, -0.2) is 25.0 Å². The molecule has 0 radical (unpaired) electrons. The lowest BCUT2D eigenvalue weighted by Gasteiger charge is -2.25. The first-order chi connectivity index (χ1) is 9.12. The smallest absolute Gasteiger partial charge is 0.324 e. The standard InChI is InChI=1S/C13H18FNO4S/c1-4-7-13(3,12(16)17)15-20(18,19)10-6-5-9(2)11(14)8-10/h5-6,8,15H,4,7H2,1-3H3,(H,16,17). The highest BCUT2D eigenvalue weighted by molar-refractivity contribution is 7.89. The van der Waals surface area contributed by atoms with Gasteiger partial charge in [0, 0.05) is 0 Å². The van der Waals surface area contributed by atoms with E-state index < -0.39 is 27.3 Å². The highest BCUT2D eigenvalue weighted by atomic mass is 32.2. The van der Waals surface area contributed by atoms with Crippen molar-refractivity contribution < 1.29 is 22.7 Å². The Hall–Kier alpha value is -1.47. The molecule has 1 atom stereocenters. The Bertz CT molecular complexity index is 615. The molecule has 7 heteroatoms. The number of carbonyl (C=O) groups is 1. The summed E-state index contributed by atoms with van der Waals surface area (Å²) in [4.78, 5) is 11.0. The van der Waals surface area contributed by atoms with Gasteiger partial charge in [0.05, 0.1) is 4.90 Å². The lowest BCUT2D eigenvalue weighted by atomic mass is 9.98. The first-order valence-corrected chi connectivity index (χ1v) is 7.64. The van der Waals surface area contributed by atoms with Gasteiger partial charge in [-0.2, -0.15) is 4.72 Å². The Morgan fingerprint density at radius 2 is 2.05 bits per heavy atom. The molecule has 1 aromatic rings. The molecule has 0 saturated carbocycles. The monoisotopic (exact) mass is 303 g/mol. The number of hydrogen-bond acceptors (Lipinski definition) is 3. The second kappa shape index (κ2) is 5.88. The van der Waals surface area contributed by atoms with E-state index in [1.54, 1.807) is 6.92 Å². The molecular weight excluding hydrogens is 285 g/mol. The quantitative estimate of drug-likeness (QED) is 0.842. The van der Waals surface area contributed by atoms with Crippen LogP contribution in [-0.2, 0) is 14.8 Å². The van der Waals surface area contributed by atoms with Crippen LogP contribution in [0.15, 0.2) is 23.1 Å². The molecule has 0 aliphatic rings. The average Bonchev–Trinajstić information content (AvgIpc) is 2.31. The van der Waals surface area contributed by atoms with Gasteiger partial charge in [0.25, 0.3) is 0 Å². The van der Waals surface area contributed by atoms with Crippen LogP contribution in [0.2, 0.25) is 0 Å². The molecule has 0 fully saturated rings. The molecule has 112 valence electrons. The molecule has 20 heavy (non-hydrogen) atoms. The molecule has 1 unspecified atom stereocenters. The third-order valence-corrected chi connectivity index (χ3v) is 4.63. The number of carboxylic acids is 1. The van der Waals surface area contributed by atoms with Crippen molar-refractivity contribution in [2.45, 2.75) is 44.0 Å². The first-order valence-electron chi connectivity index (χ1n) is 6.16. The molecule has 1 rings (SSSR count). The number of hydrogen-bond donors (Lipinski definition) is 2. The van der Waals surface area contributed by atoms with Crippen molar-refractivity contribution in [3.8, 4) is 0 Å². The topological polar surface area (TPSA) is 83.5 Å². The highest BCUT2D eigenvalue weighted by Crippen LogP contribution is 2.19. The number of aliphatic carboxylic acids is 1. The molecule has 0 amide bonds. The van der Waals surface area contributed by atoms with E-state index in [0.29, 0.717) is 12.0 Å². The number of carboxylic acid groups (broad SMARTS) is 1. The van der Waals surface area contributed by atoms with Crippen LogP contribution in [0.1, 0.15) is 32.3 Å². The lowest BCUT2D eigenvalue weighted by Crippen LogP contribution is -2.51. The van der Waals surface area contributed by atoms with Crippen LogP contribution >= 0.6 is 0 Å². The van der Waals surface area contributed by atoms with Crippen molar-refractivity contribution in [2.24, 2.45) is 0 Å². The summed E-state index contributed by atoms with van der Waals surface area (Å²) >= 11 is 0. The number of sulfonamides is 1. The molecule has 0 saturated heterocycles. The Morgan fingerprint density at radius 3 is 2.50 bits per heavy atom. The Labute approximate surface area is 117 Å². The molecule has 0 bridgehead atoms. The van der Waals surface area contributed by atoms with Crippen molar-refractivity contribution in [1.29, 1.82) is 0 Å². The van der Waals surface area contributed by atoms with Crippen LogP contribution in [0.5, 0.6) is 0 Å². The summed E-state index contributed by atoms with van der Waals surface area (Å²) in [7, 11) is -4.10. The van der Waals surface area contributed by atoms with Gasteiger partial charge in [-0.15, -0.1) is 0 Å². The molecular formula is C13H18FNO4S. The maximum Gasteiger partial charge on any atom is 0.324 e. The van der Waals surface area contributed by atoms with E-state index in [2.05, 4.69) is 4.72 Å². The van der Waals surface area contributed by atoms with Crippen molar-refractivity contribution in [2.75, 3.05) is 0 Å². The normalized spacial score (nSPS) is 14.8. The van der Waals surface area contributed by atoms with Crippen LogP contribution < -0.4 is 4.72 Å². The SMILES string of the molecule is CCCC(C)(NS(=O)(=O)c1ccc(C)c(F)c1)C(=O)O. The molecule has 0 aliphatic carbocycles. The van der Waals surface area contributed by atoms with Gasteiger partial charge in [-0.05, 0) is 38.0 Å². The van der Waals surface area contributed by atoms with Gasteiger partial charge in [0.1, 0.15) is 11.4 Å². The van der Waals surface area contributed by atoms with Gasteiger partial charge in [0.15, 0.2) is 0 Å². The average molecular weight is 303 g/mol. The van der Waals surface area contributed by atoms with Gasteiger partial charge in [-0.1, -0.05) is 19.4 Å². The summed E-state index contributed by atoms with van der Waals surface area (Å²) in [6, 6.07) is 3.46. The van der Waals surface area contributed by atoms with Crippen molar-refractivity contribution >= 4 is 16.0 Å². The predicted molar refractivity (Wildman–Crippen MR) is 72.4 cm³/mol. The van der Waals surface area contributed by atoms with Crippen LogP contribution in [0.4, 0.5) is 4.39 Å². The number of aryl methyl sites for hydroxylation is 1. The van der Waals surface area contributed by atoms with Gasteiger partial charge >= 0.3 is 5.97 Å². The Morgan fingerprint density at radius 1 is 1.45 bits per heavy atom. The first kappa shape index (κ1) is 16.6. The largest absolute Gasteiger partial charge is 0.480 e. The second-order valence-electron chi connectivity index (χ2n) is 4.90. The number of halogens is 1. The fraction of sp³-hybridized carbons (Fsp3) is 0.462. The molecule has 0 aliphatic heterocycles. The third-order valence-electron chi connectivity index (χ3n) is 3.04. The lowest BCUT2D eigenvalue weighted by molar-refractivity contribution is -0.143. The zero-order chi connectivity index (χ0) is 15.6. The molecule has 0 heterocycles. The molecule has 0 aromatic heterocycles. The van der Waals surface area contributed by atoms with E-state index >= 15 is 0 Å². The predicted octanol–water partition coefficient (Wildman–Crippen LogP) is 2.06. The van der Waals surface area contributed by atoms with Crippen molar-refractivity contribution in [1.82, 2.24) is 4.72 Å². The minimum absolute atomic E-state index is 0.135. The fourth-order valence-electron chi connectivity index (χ4n) is 1.80. The maximum absolute atomic E-state index is 13.4. The zero-order valence-corrected chi connectivity index (χ0v) is 12.4. The number of nitrogens with one attached hydrogen (secondary N) is 1. The van der Waals surface area contributed by atoms with E-state index in [9.17, 15) is 22.7 Å². The molecule has 5 nitrogen and oxygen atoms in total. The van der Waals surface area contributed by atoms with Crippen LogP contribution in [0.3, 0.4) is 0 Å². The van der Waals surface area contributed by atoms with E-state index in [1.807, 2.05) is 0 Å².